The molecule has 0 bridgehead atoms. The first kappa shape index (κ1) is 18.5. The van der Waals surface area contributed by atoms with Gasteiger partial charge in [0, 0.05) is 4.47 Å². The highest BCUT2D eigenvalue weighted by atomic mass is 79.9. The molecule has 3 atom stereocenters. The second-order valence-corrected chi connectivity index (χ2v) is 6.04. The van der Waals surface area contributed by atoms with Gasteiger partial charge in [0.1, 0.15) is 5.92 Å². The molecule has 10 heteroatoms. The van der Waals surface area contributed by atoms with Gasteiger partial charge in [0.15, 0.2) is 0 Å². The number of aliphatic hydroxyl groups is 1. The van der Waals surface area contributed by atoms with Gasteiger partial charge in [0.25, 0.3) is 5.72 Å². The van der Waals surface area contributed by atoms with E-state index in [9.17, 15) is 27.9 Å². The Morgan fingerprint density at radius 3 is 2.67 bits per heavy atom. The Balaban J connectivity index is 2.57. The second-order valence-electron chi connectivity index (χ2n) is 5.12. The summed E-state index contributed by atoms with van der Waals surface area (Å²) in [7, 11) is 0. The van der Waals surface area contributed by atoms with E-state index < -0.39 is 35.9 Å². The first-order valence-electron chi connectivity index (χ1n) is 6.90. The lowest BCUT2D eigenvalue weighted by molar-refractivity contribution is -0.294. The highest BCUT2D eigenvalue weighted by Gasteiger charge is 2.67. The van der Waals surface area contributed by atoms with Gasteiger partial charge in [-0.3, -0.25) is 4.79 Å². The van der Waals surface area contributed by atoms with E-state index in [4.69, 9.17) is 0 Å². The van der Waals surface area contributed by atoms with Crippen molar-refractivity contribution in [2.45, 2.75) is 24.9 Å². The van der Waals surface area contributed by atoms with Gasteiger partial charge >= 0.3 is 18.2 Å². The molecule has 3 N–H and O–H groups in total. The standard InChI is InChI=1S/C14H14BrF3N2O4/c1-2-24-11(21)9-10(7-4-3-5-8(15)6-7)19-12(22)20-13(9,23)14(16,17)18/h3-6,9-10,23H,2H2,1H3,(H2,19,20,22). The summed E-state index contributed by atoms with van der Waals surface area (Å²) in [6.07, 6.45) is -5.29. The molecule has 2 rings (SSSR count). The van der Waals surface area contributed by atoms with Crippen molar-refractivity contribution in [1.82, 2.24) is 10.6 Å². The maximum absolute atomic E-state index is 13.4. The Morgan fingerprint density at radius 2 is 2.12 bits per heavy atom. The number of carbonyl (C=O) groups is 2. The Kier molecular flexibility index (Phi) is 5.09. The molecule has 1 aromatic rings. The molecule has 1 saturated heterocycles. The number of benzene rings is 1. The molecular weight excluding hydrogens is 397 g/mol. The van der Waals surface area contributed by atoms with Crippen molar-refractivity contribution in [2.75, 3.05) is 6.61 Å². The van der Waals surface area contributed by atoms with E-state index in [1.54, 1.807) is 6.07 Å². The monoisotopic (exact) mass is 410 g/mol. The van der Waals surface area contributed by atoms with Crippen LogP contribution in [0.4, 0.5) is 18.0 Å². The van der Waals surface area contributed by atoms with Gasteiger partial charge in [0.05, 0.1) is 12.6 Å². The number of rotatable bonds is 3. The molecule has 1 aliphatic heterocycles. The van der Waals surface area contributed by atoms with Crippen LogP contribution in [0.1, 0.15) is 18.5 Å². The molecule has 2 amide bonds. The molecule has 1 fully saturated rings. The lowest BCUT2D eigenvalue weighted by Crippen LogP contribution is -2.73. The summed E-state index contributed by atoms with van der Waals surface area (Å²) in [6.45, 7) is 1.25. The van der Waals surface area contributed by atoms with Crippen molar-refractivity contribution >= 4 is 27.9 Å². The zero-order chi connectivity index (χ0) is 18.1. The SMILES string of the molecule is CCOC(=O)C1C(c2cccc(Br)c2)NC(=O)NC1(O)C(F)(F)F. The molecule has 3 unspecified atom stereocenters. The Hall–Kier alpha value is -1.81. The molecule has 0 radical (unpaired) electrons. The lowest BCUT2D eigenvalue weighted by atomic mass is 9.82. The third-order valence-corrected chi connectivity index (χ3v) is 4.05. The summed E-state index contributed by atoms with van der Waals surface area (Å²) in [5.41, 5.74) is -3.55. The molecule has 0 aliphatic carbocycles. The van der Waals surface area contributed by atoms with Crippen molar-refractivity contribution in [3.63, 3.8) is 0 Å². The van der Waals surface area contributed by atoms with Crippen LogP contribution < -0.4 is 10.6 Å². The van der Waals surface area contributed by atoms with Gasteiger partial charge in [-0.05, 0) is 24.6 Å². The van der Waals surface area contributed by atoms with E-state index in [-0.39, 0.29) is 12.2 Å². The highest BCUT2D eigenvalue weighted by Crippen LogP contribution is 2.43. The number of alkyl halides is 3. The first-order chi connectivity index (χ1) is 11.1. The van der Waals surface area contributed by atoms with Crippen molar-refractivity contribution < 1.29 is 32.6 Å². The third-order valence-electron chi connectivity index (χ3n) is 3.55. The predicted octanol–water partition coefficient (Wildman–Crippen LogP) is 2.23. The van der Waals surface area contributed by atoms with Crippen LogP contribution in [0.15, 0.2) is 28.7 Å². The van der Waals surface area contributed by atoms with Gasteiger partial charge in [-0.2, -0.15) is 13.2 Å². The Morgan fingerprint density at radius 1 is 1.46 bits per heavy atom. The third kappa shape index (κ3) is 3.34. The quantitative estimate of drug-likeness (QED) is 0.666. The largest absolute Gasteiger partial charge is 0.466 e. The molecule has 6 nitrogen and oxygen atoms in total. The van der Waals surface area contributed by atoms with Crippen molar-refractivity contribution in [2.24, 2.45) is 5.92 Å². The number of carbonyl (C=O) groups excluding carboxylic acids is 2. The fraction of sp³-hybridized carbons (Fsp3) is 0.429. The molecule has 1 aliphatic rings. The van der Waals surface area contributed by atoms with Crippen LogP contribution in [-0.4, -0.2) is 35.6 Å². The maximum Gasteiger partial charge on any atom is 0.437 e. The van der Waals surface area contributed by atoms with E-state index in [2.05, 4.69) is 26.0 Å². The number of urea groups is 1. The minimum absolute atomic E-state index is 0.178. The van der Waals surface area contributed by atoms with E-state index >= 15 is 0 Å². The van der Waals surface area contributed by atoms with Gasteiger partial charge in [-0.15, -0.1) is 0 Å². The summed E-state index contributed by atoms with van der Waals surface area (Å²) in [5, 5.41) is 13.8. The molecule has 0 spiro atoms. The fourth-order valence-corrected chi connectivity index (χ4v) is 2.93. The summed E-state index contributed by atoms with van der Waals surface area (Å²) in [4.78, 5) is 23.8. The van der Waals surface area contributed by atoms with Gasteiger partial charge in [-0.25, -0.2) is 4.79 Å². The molecule has 0 aromatic heterocycles. The van der Waals surface area contributed by atoms with Crippen molar-refractivity contribution in [3.05, 3.63) is 34.3 Å². The summed E-state index contributed by atoms with van der Waals surface area (Å²) in [5.74, 6) is -3.40. The summed E-state index contributed by atoms with van der Waals surface area (Å²) >= 11 is 3.17. The Labute approximate surface area is 143 Å². The van der Waals surface area contributed by atoms with E-state index in [0.29, 0.717) is 4.47 Å². The second kappa shape index (κ2) is 6.60. The van der Waals surface area contributed by atoms with Crippen LogP contribution in [0, 0.1) is 5.92 Å². The van der Waals surface area contributed by atoms with Crippen LogP contribution in [0.3, 0.4) is 0 Å². The highest BCUT2D eigenvalue weighted by molar-refractivity contribution is 9.10. The van der Waals surface area contributed by atoms with Crippen LogP contribution in [-0.2, 0) is 9.53 Å². The van der Waals surface area contributed by atoms with E-state index in [1.807, 2.05) is 0 Å². The fourth-order valence-electron chi connectivity index (χ4n) is 2.51. The summed E-state index contributed by atoms with van der Waals surface area (Å²) in [6, 6.07) is 3.36. The number of amides is 2. The average Bonchev–Trinajstić information content (AvgIpc) is 2.45. The van der Waals surface area contributed by atoms with Gasteiger partial charge in [0.2, 0.25) is 0 Å². The van der Waals surface area contributed by atoms with Crippen LogP contribution in [0.5, 0.6) is 0 Å². The minimum atomic E-state index is -5.29. The van der Waals surface area contributed by atoms with Gasteiger partial charge < -0.3 is 20.5 Å². The van der Waals surface area contributed by atoms with E-state index in [1.165, 1.54) is 30.4 Å². The molecule has 1 aromatic carbocycles. The molecule has 1 heterocycles. The molecular formula is C14H14BrF3N2O4. The van der Waals surface area contributed by atoms with Crippen LogP contribution >= 0.6 is 15.9 Å². The number of ether oxygens (including phenoxy) is 1. The van der Waals surface area contributed by atoms with E-state index in [0.717, 1.165) is 0 Å². The lowest BCUT2D eigenvalue weighted by Gasteiger charge is -2.44. The number of nitrogens with one attached hydrogen (secondary N) is 2. The maximum atomic E-state index is 13.4. The smallest absolute Gasteiger partial charge is 0.437 e. The summed E-state index contributed by atoms with van der Waals surface area (Å²) < 4.78 is 45.4. The number of halogens is 4. The van der Waals surface area contributed by atoms with Crippen LogP contribution in [0.2, 0.25) is 0 Å². The number of hydrogen-bond acceptors (Lipinski definition) is 4. The minimum Gasteiger partial charge on any atom is -0.466 e. The molecule has 24 heavy (non-hydrogen) atoms. The molecule has 132 valence electrons. The first-order valence-corrected chi connectivity index (χ1v) is 7.69. The van der Waals surface area contributed by atoms with Crippen molar-refractivity contribution in [1.29, 1.82) is 0 Å². The topological polar surface area (TPSA) is 87.7 Å². The van der Waals surface area contributed by atoms with Crippen molar-refractivity contribution in [3.8, 4) is 0 Å². The zero-order valence-electron chi connectivity index (χ0n) is 12.4. The van der Waals surface area contributed by atoms with Crippen LogP contribution in [0.25, 0.3) is 0 Å². The normalized spacial score (nSPS) is 27.2. The van der Waals surface area contributed by atoms with Gasteiger partial charge in [-0.1, -0.05) is 28.1 Å². The average molecular weight is 411 g/mol. The number of hydrogen-bond donors (Lipinski definition) is 3. The number of esters is 1. The molecule has 0 saturated carbocycles. The zero-order valence-corrected chi connectivity index (χ0v) is 13.9. The predicted molar refractivity (Wildman–Crippen MR) is 79.7 cm³/mol. The Bertz CT molecular complexity index is 655.